The van der Waals surface area contributed by atoms with Gasteiger partial charge in [0.05, 0.1) is 22.9 Å². The van der Waals surface area contributed by atoms with Crippen LogP contribution in [0.2, 0.25) is 0 Å². The lowest BCUT2D eigenvalue weighted by atomic mass is 10.2. The summed E-state index contributed by atoms with van der Waals surface area (Å²) in [6.07, 6.45) is 0.962. The number of aromatic nitrogens is 3. The van der Waals surface area contributed by atoms with E-state index in [0.29, 0.717) is 0 Å². The van der Waals surface area contributed by atoms with Crippen molar-refractivity contribution in [3.05, 3.63) is 27.3 Å². The molecule has 0 radical (unpaired) electrons. The van der Waals surface area contributed by atoms with Gasteiger partial charge in [-0.25, -0.2) is 22.9 Å². The molecule has 0 saturated carbocycles. The molecule has 2 heterocycles. The molecule has 0 aliphatic rings. The molecule has 0 saturated heterocycles. The van der Waals surface area contributed by atoms with Gasteiger partial charge in [0.2, 0.25) is 0 Å². The minimum Gasteiger partial charge on any atom is -0.478 e. The van der Waals surface area contributed by atoms with E-state index < -0.39 is 32.6 Å². The molecular formula is C11H14N4O4S2. The maximum Gasteiger partial charge on any atom is 0.340 e. The van der Waals surface area contributed by atoms with Crippen molar-refractivity contribution in [2.24, 2.45) is 0 Å². The van der Waals surface area contributed by atoms with Crippen LogP contribution in [0.4, 0.5) is 0 Å². The molecule has 10 heteroatoms. The Morgan fingerprint density at radius 1 is 1.48 bits per heavy atom. The fourth-order valence-electron chi connectivity index (χ4n) is 1.93. The third-order valence-corrected chi connectivity index (χ3v) is 5.54. The van der Waals surface area contributed by atoms with Gasteiger partial charge >= 0.3 is 5.97 Å². The number of carboxylic acid groups (broad SMARTS) is 1. The number of hydrogen-bond acceptors (Lipinski definition) is 6. The minimum atomic E-state index is -4.02. The Bertz CT molecular complexity index is 778. The number of aromatic carboxylic acids is 1. The fourth-order valence-corrected chi connectivity index (χ4v) is 4.23. The van der Waals surface area contributed by atoms with Gasteiger partial charge in [0, 0.05) is 4.88 Å². The number of thiazole rings is 1. The van der Waals surface area contributed by atoms with E-state index in [0.717, 1.165) is 21.8 Å². The Kier molecular flexibility index (Phi) is 4.12. The van der Waals surface area contributed by atoms with E-state index in [-0.39, 0.29) is 0 Å². The number of nitrogens with zero attached hydrogens (tertiary/aromatic N) is 2. The molecule has 0 spiro atoms. The number of aromatic amines is 1. The van der Waals surface area contributed by atoms with Crippen LogP contribution in [0.1, 0.15) is 38.9 Å². The smallest absolute Gasteiger partial charge is 0.340 e. The zero-order valence-corrected chi connectivity index (χ0v) is 13.2. The van der Waals surface area contributed by atoms with Crippen LogP contribution in [0.25, 0.3) is 0 Å². The van der Waals surface area contributed by atoms with Gasteiger partial charge in [0.1, 0.15) is 5.56 Å². The van der Waals surface area contributed by atoms with Crippen LogP contribution < -0.4 is 4.72 Å². The predicted octanol–water partition coefficient (Wildman–Crippen LogP) is 1.22. The molecular weight excluding hydrogens is 316 g/mol. The number of aryl methyl sites for hydroxylation is 2. The Balaban J connectivity index is 2.31. The first kappa shape index (κ1) is 15.6. The highest BCUT2D eigenvalue weighted by Crippen LogP contribution is 2.26. The SMILES string of the molecule is Cc1nc(C)c(C(C)NS(=O)(=O)c2[nH]ncc2C(=O)O)s1. The molecule has 1 atom stereocenters. The van der Waals surface area contributed by atoms with E-state index in [1.165, 1.54) is 11.3 Å². The molecule has 21 heavy (non-hydrogen) atoms. The largest absolute Gasteiger partial charge is 0.478 e. The number of nitrogens with one attached hydrogen (secondary N) is 2. The maximum absolute atomic E-state index is 12.3. The van der Waals surface area contributed by atoms with Crippen molar-refractivity contribution >= 4 is 27.3 Å². The summed E-state index contributed by atoms with van der Waals surface area (Å²) in [7, 11) is -4.02. The first-order chi connectivity index (χ1) is 9.72. The van der Waals surface area contributed by atoms with Crippen LogP contribution in [-0.4, -0.2) is 34.7 Å². The Hall–Kier alpha value is -1.78. The van der Waals surface area contributed by atoms with Crippen molar-refractivity contribution < 1.29 is 18.3 Å². The van der Waals surface area contributed by atoms with E-state index >= 15 is 0 Å². The fraction of sp³-hybridized carbons (Fsp3) is 0.364. The number of sulfonamides is 1. The summed E-state index contributed by atoms with van der Waals surface area (Å²) in [5, 5.41) is 15.0. The van der Waals surface area contributed by atoms with Crippen LogP contribution in [-0.2, 0) is 10.0 Å². The number of hydrogen-bond donors (Lipinski definition) is 3. The zero-order chi connectivity index (χ0) is 15.8. The van der Waals surface area contributed by atoms with Crippen LogP contribution in [0.15, 0.2) is 11.2 Å². The van der Waals surface area contributed by atoms with Crippen molar-refractivity contribution in [2.75, 3.05) is 0 Å². The average Bonchev–Trinajstić information content (AvgIpc) is 2.95. The molecule has 0 aliphatic carbocycles. The predicted molar refractivity (Wildman–Crippen MR) is 75.9 cm³/mol. The Labute approximate surface area is 125 Å². The second kappa shape index (κ2) is 5.54. The van der Waals surface area contributed by atoms with Crippen LogP contribution in [0, 0.1) is 13.8 Å². The summed E-state index contributed by atoms with van der Waals surface area (Å²) in [4.78, 5) is 16.0. The zero-order valence-electron chi connectivity index (χ0n) is 11.5. The molecule has 2 aromatic heterocycles. The molecule has 0 aliphatic heterocycles. The molecule has 0 aromatic carbocycles. The number of H-pyrrole nitrogens is 1. The van der Waals surface area contributed by atoms with Gasteiger partial charge in [-0.15, -0.1) is 11.3 Å². The average molecular weight is 330 g/mol. The topological polar surface area (TPSA) is 125 Å². The Morgan fingerprint density at radius 2 is 2.14 bits per heavy atom. The van der Waals surface area contributed by atoms with Crippen molar-refractivity contribution in [1.29, 1.82) is 0 Å². The molecule has 2 aromatic rings. The van der Waals surface area contributed by atoms with Crippen molar-refractivity contribution in [1.82, 2.24) is 19.9 Å². The number of carbonyl (C=O) groups is 1. The first-order valence-electron chi connectivity index (χ1n) is 5.95. The lowest BCUT2D eigenvalue weighted by Gasteiger charge is -2.12. The Morgan fingerprint density at radius 3 is 2.67 bits per heavy atom. The molecule has 1 unspecified atom stereocenters. The quantitative estimate of drug-likeness (QED) is 0.757. The third-order valence-electron chi connectivity index (χ3n) is 2.77. The second-order valence-corrected chi connectivity index (χ2v) is 7.33. The van der Waals surface area contributed by atoms with Gasteiger partial charge in [-0.05, 0) is 20.8 Å². The van der Waals surface area contributed by atoms with E-state index in [1.807, 2.05) is 6.92 Å². The van der Waals surface area contributed by atoms with E-state index in [4.69, 9.17) is 5.11 Å². The van der Waals surface area contributed by atoms with Crippen LogP contribution >= 0.6 is 11.3 Å². The van der Waals surface area contributed by atoms with Gasteiger partial charge in [-0.2, -0.15) is 5.10 Å². The summed E-state index contributed by atoms with van der Waals surface area (Å²) in [6, 6.07) is -0.522. The van der Waals surface area contributed by atoms with Crippen molar-refractivity contribution in [3.8, 4) is 0 Å². The maximum atomic E-state index is 12.3. The minimum absolute atomic E-state index is 0.396. The first-order valence-corrected chi connectivity index (χ1v) is 8.25. The summed E-state index contributed by atoms with van der Waals surface area (Å²) < 4.78 is 27.0. The highest BCUT2D eigenvalue weighted by atomic mass is 32.2. The van der Waals surface area contributed by atoms with Gasteiger partial charge in [0.25, 0.3) is 10.0 Å². The number of rotatable bonds is 5. The van der Waals surface area contributed by atoms with Crippen LogP contribution in [0.3, 0.4) is 0 Å². The van der Waals surface area contributed by atoms with Crippen LogP contribution in [0.5, 0.6) is 0 Å². The van der Waals surface area contributed by atoms with Gasteiger partial charge in [0.15, 0.2) is 5.03 Å². The molecule has 3 N–H and O–H groups in total. The summed E-state index contributed by atoms with van der Waals surface area (Å²) in [6.45, 7) is 5.30. The normalized spacial score (nSPS) is 13.3. The lowest BCUT2D eigenvalue weighted by Crippen LogP contribution is -2.28. The summed E-state index contributed by atoms with van der Waals surface area (Å²) in [5.41, 5.74) is 0.350. The molecule has 114 valence electrons. The highest BCUT2D eigenvalue weighted by molar-refractivity contribution is 7.89. The van der Waals surface area contributed by atoms with Gasteiger partial charge < -0.3 is 5.11 Å². The standard InChI is InChI=1S/C11H14N4O4S2/c1-5-9(20-7(3)13-5)6(2)15-21(18,19)10-8(11(16)17)4-12-14-10/h4,6,15H,1-3H3,(H,12,14)(H,16,17). The molecule has 8 nitrogen and oxygen atoms in total. The lowest BCUT2D eigenvalue weighted by molar-refractivity contribution is 0.0692. The summed E-state index contributed by atoms with van der Waals surface area (Å²) >= 11 is 1.39. The molecule has 2 rings (SSSR count). The van der Waals surface area contributed by atoms with Crippen molar-refractivity contribution in [2.45, 2.75) is 31.8 Å². The van der Waals surface area contributed by atoms with Gasteiger partial charge in [-0.3, -0.25) is 5.10 Å². The molecule has 0 amide bonds. The molecule has 0 bridgehead atoms. The second-order valence-electron chi connectivity index (χ2n) is 4.44. The van der Waals surface area contributed by atoms with Gasteiger partial charge in [-0.1, -0.05) is 0 Å². The third kappa shape index (κ3) is 3.12. The van der Waals surface area contributed by atoms with E-state index in [2.05, 4.69) is 19.9 Å². The monoisotopic (exact) mass is 330 g/mol. The number of carboxylic acids is 1. The van der Waals surface area contributed by atoms with E-state index in [9.17, 15) is 13.2 Å². The molecule has 0 fully saturated rings. The summed E-state index contributed by atoms with van der Waals surface area (Å²) in [5.74, 6) is -1.36. The highest BCUT2D eigenvalue weighted by Gasteiger charge is 2.27. The van der Waals surface area contributed by atoms with Crippen molar-refractivity contribution in [3.63, 3.8) is 0 Å². The van der Waals surface area contributed by atoms with E-state index in [1.54, 1.807) is 13.8 Å².